The summed E-state index contributed by atoms with van der Waals surface area (Å²) in [6.45, 7) is -0.318. The maximum atomic E-state index is 11.8. The zero-order chi connectivity index (χ0) is 15.2. The third-order valence-corrected chi connectivity index (χ3v) is 2.09. The van der Waals surface area contributed by atoms with Crippen molar-refractivity contribution in [2.24, 2.45) is 0 Å². The monoisotopic (exact) mass is 293 g/mol. The fourth-order valence-electron chi connectivity index (χ4n) is 1.35. The van der Waals surface area contributed by atoms with Crippen LogP contribution in [0.25, 0.3) is 0 Å². The standard InChI is InChI=1S/C12H14F3NO4/c1-2-19-10-8(4-3-5-9(10)16)11(17)20-7-18-6-12(13,14)15/h3-5H,2,6-7,16H2,1H3. The smallest absolute Gasteiger partial charge is 0.411 e. The third-order valence-electron chi connectivity index (χ3n) is 2.09. The highest BCUT2D eigenvalue weighted by Crippen LogP contribution is 2.27. The van der Waals surface area contributed by atoms with Crippen molar-refractivity contribution in [3.8, 4) is 5.75 Å². The largest absolute Gasteiger partial charge is 0.491 e. The second-order valence-electron chi connectivity index (χ2n) is 3.67. The molecule has 0 atom stereocenters. The molecule has 0 aliphatic carbocycles. The number of nitrogens with two attached hydrogens (primary N) is 1. The van der Waals surface area contributed by atoms with Crippen LogP contribution in [0.4, 0.5) is 18.9 Å². The molecule has 0 aromatic heterocycles. The fraction of sp³-hybridized carbons (Fsp3) is 0.417. The molecule has 0 saturated carbocycles. The topological polar surface area (TPSA) is 70.8 Å². The van der Waals surface area contributed by atoms with E-state index in [9.17, 15) is 18.0 Å². The number of carbonyl (C=O) groups excluding carboxylic acids is 1. The van der Waals surface area contributed by atoms with Crippen LogP contribution in [-0.2, 0) is 9.47 Å². The summed E-state index contributed by atoms with van der Waals surface area (Å²) in [5, 5.41) is 0. The molecule has 0 fully saturated rings. The van der Waals surface area contributed by atoms with E-state index in [4.69, 9.17) is 10.5 Å². The molecule has 8 heteroatoms. The van der Waals surface area contributed by atoms with Gasteiger partial charge in [-0.15, -0.1) is 0 Å². The summed E-state index contributed by atoms with van der Waals surface area (Å²) >= 11 is 0. The lowest BCUT2D eigenvalue weighted by Gasteiger charge is -2.12. The van der Waals surface area contributed by atoms with Gasteiger partial charge >= 0.3 is 12.1 Å². The minimum absolute atomic E-state index is 0.0301. The first-order valence-corrected chi connectivity index (χ1v) is 5.68. The van der Waals surface area contributed by atoms with E-state index in [0.29, 0.717) is 0 Å². The molecule has 0 aliphatic rings. The Morgan fingerprint density at radius 2 is 2.05 bits per heavy atom. The van der Waals surface area contributed by atoms with Crippen molar-refractivity contribution in [3.05, 3.63) is 23.8 Å². The molecular weight excluding hydrogens is 279 g/mol. The van der Waals surface area contributed by atoms with Crippen LogP contribution in [0.5, 0.6) is 5.75 Å². The number of hydrogen-bond donors (Lipinski definition) is 1. The molecule has 1 rings (SSSR count). The first kappa shape index (κ1) is 16.1. The predicted octanol–water partition coefficient (Wildman–Crippen LogP) is 2.36. The number of benzene rings is 1. The lowest BCUT2D eigenvalue weighted by molar-refractivity contribution is -0.190. The Morgan fingerprint density at radius 1 is 1.35 bits per heavy atom. The molecule has 2 N–H and O–H groups in total. The van der Waals surface area contributed by atoms with Crippen LogP contribution in [-0.4, -0.2) is 32.2 Å². The first-order chi connectivity index (χ1) is 9.35. The van der Waals surface area contributed by atoms with Crippen LogP contribution in [0.1, 0.15) is 17.3 Å². The number of ether oxygens (including phenoxy) is 3. The van der Waals surface area contributed by atoms with Gasteiger partial charge in [0.15, 0.2) is 12.5 Å². The van der Waals surface area contributed by atoms with Gasteiger partial charge in [-0.05, 0) is 19.1 Å². The number of rotatable bonds is 6. The normalized spacial score (nSPS) is 11.2. The molecule has 0 heterocycles. The van der Waals surface area contributed by atoms with Crippen LogP contribution in [0.2, 0.25) is 0 Å². The molecule has 0 unspecified atom stereocenters. The van der Waals surface area contributed by atoms with Gasteiger partial charge in [-0.1, -0.05) is 6.07 Å². The molecule has 112 valence electrons. The van der Waals surface area contributed by atoms with Gasteiger partial charge < -0.3 is 19.9 Å². The van der Waals surface area contributed by atoms with Crippen LogP contribution in [0.15, 0.2) is 18.2 Å². The Bertz CT molecular complexity index is 463. The van der Waals surface area contributed by atoms with Gasteiger partial charge in [0.1, 0.15) is 12.2 Å². The molecule has 0 amide bonds. The number of esters is 1. The van der Waals surface area contributed by atoms with Gasteiger partial charge in [-0.25, -0.2) is 4.79 Å². The minimum Gasteiger partial charge on any atom is -0.491 e. The van der Waals surface area contributed by atoms with E-state index in [0.717, 1.165) is 0 Å². The van der Waals surface area contributed by atoms with Crippen molar-refractivity contribution in [2.45, 2.75) is 13.1 Å². The van der Waals surface area contributed by atoms with E-state index in [1.54, 1.807) is 6.92 Å². The van der Waals surface area contributed by atoms with Crippen molar-refractivity contribution in [1.82, 2.24) is 0 Å². The third kappa shape index (κ3) is 4.96. The van der Waals surface area contributed by atoms with E-state index in [2.05, 4.69) is 9.47 Å². The van der Waals surface area contributed by atoms with Gasteiger partial charge in [-0.2, -0.15) is 13.2 Å². The molecule has 0 bridgehead atoms. The van der Waals surface area contributed by atoms with Crippen molar-refractivity contribution in [3.63, 3.8) is 0 Å². The number of hydrogen-bond acceptors (Lipinski definition) is 5. The number of anilines is 1. The summed E-state index contributed by atoms with van der Waals surface area (Å²) in [5.74, 6) is -0.737. The van der Waals surface area contributed by atoms with Crippen molar-refractivity contribution in [2.75, 3.05) is 25.7 Å². The summed E-state index contributed by atoms with van der Waals surface area (Å²) in [6, 6.07) is 4.43. The number of halogens is 3. The molecule has 20 heavy (non-hydrogen) atoms. The molecule has 1 aromatic rings. The summed E-state index contributed by atoms with van der Waals surface area (Å²) in [5.41, 5.74) is 5.91. The SMILES string of the molecule is CCOc1c(N)cccc1C(=O)OCOCC(F)(F)F. The van der Waals surface area contributed by atoms with E-state index in [1.165, 1.54) is 18.2 Å². The Balaban J connectivity index is 2.61. The number of alkyl halides is 3. The Morgan fingerprint density at radius 3 is 2.65 bits per heavy atom. The van der Waals surface area contributed by atoms with E-state index < -0.39 is 25.5 Å². The minimum atomic E-state index is -4.47. The summed E-state index contributed by atoms with van der Waals surface area (Å²) in [4.78, 5) is 11.7. The quantitative estimate of drug-likeness (QED) is 0.377. The van der Waals surface area contributed by atoms with Crippen LogP contribution < -0.4 is 10.5 Å². The maximum absolute atomic E-state index is 11.8. The zero-order valence-electron chi connectivity index (χ0n) is 10.7. The molecule has 1 aromatic carbocycles. The summed E-state index contributed by atoms with van der Waals surface area (Å²) in [6.07, 6.45) is -4.47. The van der Waals surface area contributed by atoms with Gasteiger partial charge in [0.05, 0.1) is 12.3 Å². The highest BCUT2D eigenvalue weighted by atomic mass is 19.4. The molecule has 0 aliphatic heterocycles. The average molecular weight is 293 g/mol. The van der Waals surface area contributed by atoms with E-state index in [-0.39, 0.29) is 23.6 Å². The second-order valence-corrected chi connectivity index (χ2v) is 3.67. The molecule has 0 spiro atoms. The van der Waals surface area contributed by atoms with E-state index >= 15 is 0 Å². The molecule has 0 saturated heterocycles. The number of para-hydroxylation sites is 1. The molecule has 0 radical (unpaired) electrons. The zero-order valence-corrected chi connectivity index (χ0v) is 10.7. The summed E-state index contributed by atoms with van der Waals surface area (Å²) in [7, 11) is 0. The number of nitrogen functional groups attached to an aromatic ring is 1. The second kappa shape index (κ2) is 6.99. The average Bonchev–Trinajstić information content (AvgIpc) is 2.36. The number of carbonyl (C=O) groups is 1. The van der Waals surface area contributed by atoms with Crippen LogP contribution in [0, 0.1) is 0 Å². The van der Waals surface area contributed by atoms with Crippen LogP contribution in [0.3, 0.4) is 0 Å². The lowest BCUT2D eigenvalue weighted by Crippen LogP contribution is -2.19. The van der Waals surface area contributed by atoms with Gasteiger partial charge in [0.2, 0.25) is 0 Å². The Hall–Kier alpha value is -1.96. The fourth-order valence-corrected chi connectivity index (χ4v) is 1.35. The van der Waals surface area contributed by atoms with Gasteiger partial charge in [-0.3, -0.25) is 0 Å². The van der Waals surface area contributed by atoms with E-state index in [1.807, 2.05) is 0 Å². The van der Waals surface area contributed by atoms with Crippen molar-refractivity contribution >= 4 is 11.7 Å². The predicted molar refractivity (Wildman–Crippen MR) is 64.3 cm³/mol. The van der Waals surface area contributed by atoms with Crippen LogP contribution >= 0.6 is 0 Å². The maximum Gasteiger partial charge on any atom is 0.411 e. The van der Waals surface area contributed by atoms with Gasteiger partial charge in [0, 0.05) is 0 Å². The molecular formula is C12H14F3NO4. The van der Waals surface area contributed by atoms with Crippen molar-refractivity contribution < 1.29 is 32.2 Å². The van der Waals surface area contributed by atoms with Gasteiger partial charge in [0.25, 0.3) is 0 Å². The summed E-state index contributed by atoms with van der Waals surface area (Å²) < 4.78 is 49.4. The molecule has 5 nitrogen and oxygen atoms in total. The Kier molecular flexibility index (Phi) is 5.63. The first-order valence-electron chi connectivity index (χ1n) is 5.68. The lowest BCUT2D eigenvalue weighted by atomic mass is 10.2. The highest BCUT2D eigenvalue weighted by Gasteiger charge is 2.27. The van der Waals surface area contributed by atoms with Crippen molar-refractivity contribution in [1.29, 1.82) is 0 Å². The highest BCUT2D eigenvalue weighted by molar-refractivity contribution is 5.94. The Labute approximate surface area is 113 Å².